The average Bonchev–Trinajstić information content (AvgIpc) is 2.90. The minimum absolute atomic E-state index is 0.131. The molecule has 0 aromatic heterocycles. The summed E-state index contributed by atoms with van der Waals surface area (Å²) in [5.41, 5.74) is 3.22. The summed E-state index contributed by atoms with van der Waals surface area (Å²) in [6, 6.07) is 14.3. The third kappa shape index (κ3) is 5.01. The Morgan fingerprint density at radius 3 is 2.34 bits per heavy atom. The van der Waals surface area contributed by atoms with Crippen LogP contribution in [0.15, 0.2) is 48.5 Å². The monoisotopic (exact) mass is 477 g/mol. The zero-order valence-corrected chi connectivity index (χ0v) is 21.3. The lowest BCUT2D eigenvalue weighted by Gasteiger charge is -2.34. The van der Waals surface area contributed by atoms with Crippen LogP contribution in [0.4, 0.5) is 5.69 Å². The molecular formula is C29H35NO5. The molecule has 0 bridgehead atoms. The van der Waals surface area contributed by atoms with Crippen molar-refractivity contribution in [2.24, 2.45) is 0 Å². The van der Waals surface area contributed by atoms with Crippen LogP contribution in [-0.2, 0) is 9.47 Å². The number of hydrogen-bond acceptors (Lipinski definition) is 6. The van der Waals surface area contributed by atoms with E-state index in [4.69, 9.17) is 9.47 Å². The Labute approximate surface area is 207 Å². The summed E-state index contributed by atoms with van der Waals surface area (Å²) in [5, 5.41) is 15.4. The summed E-state index contributed by atoms with van der Waals surface area (Å²) in [4.78, 5) is 27.0. The molecule has 3 aromatic carbocycles. The van der Waals surface area contributed by atoms with E-state index in [0.717, 1.165) is 16.3 Å². The fourth-order valence-electron chi connectivity index (χ4n) is 4.53. The lowest BCUT2D eigenvalue weighted by atomic mass is 9.80. The molecule has 1 aliphatic heterocycles. The van der Waals surface area contributed by atoms with Gasteiger partial charge in [-0.05, 0) is 29.8 Å². The van der Waals surface area contributed by atoms with Crippen molar-refractivity contribution in [3.8, 4) is 0 Å². The van der Waals surface area contributed by atoms with Gasteiger partial charge in [-0.15, -0.1) is 0 Å². The molecule has 2 aliphatic rings. The van der Waals surface area contributed by atoms with E-state index in [0.29, 0.717) is 34.4 Å². The molecule has 3 aromatic rings. The van der Waals surface area contributed by atoms with E-state index in [1.54, 1.807) is 31.4 Å². The molecule has 0 spiro atoms. The third-order valence-electron chi connectivity index (χ3n) is 6.15. The van der Waals surface area contributed by atoms with E-state index in [9.17, 15) is 14.7 Å². The maximum atomic E-state index is 13.5. The highest BCUT2D eigenvalue weighted by atomic mass is 16.7. The molecule has 186 valence electrons. The number of rotatable bonds is 3. The van der Waals surface area contributed by atoms with E-state index >= 15 is 0 Å². The van der Waals surface area contributed by atoms with Gasteiger partial charge < -0.3 is 19.9 Å². The van der Waals surface area contributed by atoms with E-state index in [1.807, 2.05) is 58.9 Å². The molecule has 0 amide bonds. The summed E-state index contributed by atoms with van der Waals surface area (Å²) in [7, 11) is 1.55. The number of nitrogens with one attached hydrogen (secondary N) is 1. The van der Waals surface area contributed by atoms with Crippen molar-refractivity contribution in [2.75, 3.05) is 19.0 Å². The van der Waals surface area contributed by atoms with Gasteiger partial charge in [0.05, 0.1) is 24.3 Å². The Morgan fingerprint density at radius 2 is 1.63 bits per heavy atom. The largest absolute Gasteiger partial charge is 0.389 e. The number of ketones is 2. The van der Waals surface area contributed by atoms with Gasteiger partial charge in [-0.25, -0.2) is 0 Å². The summed E-state index contributed by atoms with van der Waals surface area (Å²) in [6.07, 6.45) is -0.770. The first-order valence-corrected chi connectivity index (χ1v) is 12.3. The van der Waals surface area contributed by atoms with E-state index in [2.05, 4.69) is 5.32 Å². The molecule has 1 saturated heterocycles. The van der Waals surface area contributed by atoms with Crippen molar-refractivity contribution >= 4 is 28.0 Å². The second kappa shape index (κ2) is 11.6. The van der Waals surface area contributed by atoms with Gasteiger partial charge in [0.2, 0.25) is 0 Å². The summed E-state index contributed by atoms with van der Waals surface area (Å²) < 4.78 is 10.7. The molecule has 35 heavy (non-hydrogen) atoms. The fourth-order valence-corrected chi connectivity index (χ4v) is 4.53. The van der Waals surface area contributed by atoms with Crippen molar-refractivity contribution in [2.45, 2.75) is 59.5 Å². The number of benzene rings is 3. The number of anilines is 1. The van der Waals surface area contributed by atoms with Crippen LogP contribution in [0.3, 0.4) is 0 Å². The molecule has 3 unspecified atom stereocenters. The number of aliphatic hydroxyl groups excluding tert-OH is 1. The molecule has 0 radical (unpaired) electrons. The Bertz CT molecular complexity index is 1220. The predicted molar refractivity (Wildman–Crippen MR) is 139 cm³/mol. The van der Waals surface area contributed by atoms with Crippen LogP contribution in [-0.4, -0.2) is 48.8 Å². The van der Waals surface area contributed by atoms with Gasteiger partial charge in [-0.1, -0.05) is 69.7 Å². The lowest BCUT2D eigenvalue weighted by molar-refractivity contribution is -0.176. The van der Waals surface area contributed by atoms with Gasteiger partial charge in [-0.2, -0.15) is 0 Å². The molecule has 2 N–H and O–H groups in total. The van der Waals surface area contributed by atoms with E-state index in [-0.39, 0.29) is 24.2 Å². The van der Waals surface area contributed by atoms with E-state index < -0.39 is 12.4 Å². The van der Waals surface area contributed by atoms with Crippen LogP contribution in [0.1, 0.15) is 71.5 Å². The fraction of sp³-hybridized carbons (Fsp3) is 0.379. The number of carbonyl (C=O) groups excluding carboxylic acids is 2. The van der Waals surface area contributed by atoms with Gasteiger partial charge in [0, 0.05) is 35.9 Å². The minimum Gasteiger partial charge on any atom is -0.389 e. The van der Waals surface area contributed by atoms with Gasteiger partial charge in [0.25, 0.3) is 0 Å². The first-order chi connectivity index (χ1) is 17.0. The summed E-state index contributed by atoms with van der Waals surface area (Å²) >= 11 is 0. The van der Waals surface area contributed by atoms with E-state index in [1.165, 1.54) is 0 Å². The zero-order valence-electron chi connectivity index (χ0n) is 21.3. The SMILES string of the molecule is CC.CC.COC1CC(Nc2cccc3c2C(=O)c2ccc4cc(C)ccc4c2C3=O)C(O)CO1. The highest BCUT2D eigenvalue weighted by molar-refractivity contribution is 6.33. The average molecular weight is 478 g/mol. The summed E-state index contributed by atoms with van der Waals surface area (Å²) in [6.45, 7) is 10.1. The maximum absolute atomic E-state index is 13.5. The molecule has 1 aliphatic carbocycles. The number of hydrogen-bond donors (Lipinski definition) is 2. The predicted octanol–water partition coefficient (Wildman–Crippen LogP) is 5.51. The van der Waals surface area contributed by atoms with Crippen LogP contribution < -0.4 is 5.32 Å². The van der Waals surface area contributed by atoms with Crippen molar-refractivity contribution < 1.29 is 24.2 Å². The first kappa shape index (κ1) is 26.5. The Balaban J connectivity index is 0.000000815. The molecule has 6 heteroatoms. The molecular weight excluding hydrogens is 442 g/mol. The van der Waals surface area contributed by atoms with Crippen molar-refractivity contribution in [1.82, 2.24) is 0 Å². The van der Waals surface area contributed by atoms with Crippen molar-refractivity contribution in [3.63, 3.8) is 0 Å². The number of ether oxygens (including phenoxy) is 2. The highest BCUT2D eigenvalue weighted by Gasteiger charge is 2.35. The molecule has 0 saturated carbocycles. The first-order valence-electron chi connectivity index (χ1n) is 12.3. The molecule has 6 nitrogen and oxygen atoms in total. The molecule has 1 fully saturated rings. The summed E-state index contributed by atoms with van der Waals surface area (Å²) in [5.74, 6) is -0.356. The van der Waals surface area contributed by atoms with Crippen LogP contribution in [0.5, 0.6) is 0 Å². The zero-order chi connectivity index (χ0) is 25.7. The quantitative estimate of drug-likeness (QED) is 0.405. The Morgan fingerprint density at radius 1 is 0.943 bits per heavy atom. The normalized spacial score (nSPS) is 20.6. The highest BCUT2D eigenvalue weighted by Crippen LogP contribution is 2.36. The van der Waals surface area contributed by atoms with Crippen molar-refractivity contribution in [3.05, 3.63) is 76.3 Å². The lowest BCUT2D eigenvalue weighted by Crippen LogP contribution is -2.46. The number of methoxy groups -OCH3 is 1. The van der Waals surface area contributed by atoms with Crippen molar-refractivity contribution in [1.29, 1.82) is 0 Å². The van der Waals surface area contributed by atoms with Gasteiger partial charge in [0.15, 0.2) is 17.9 Å². The molecule has 3 atom stereocenters. The molecule has 1 heterocycles. The number of carbonyl (C=O) groups is 2. The number of fused-ring (bicyclic) bond motifs is 4. The van der Waals surface area contributed by atoms with Crippen LogP contribution in [0, 0.1) is 6.92 Å². The number of aryl methyl sites for hydroxylation is 1. The minimum atomic E-state index is -0.754. The third-order valence-corrected chi connectivity index (χ3v) is 6.15. The van der Waals surface area contributed by atoms with Crippen LogP contribution in [0.2, 0.25) is 0 Å². The second-order valence-electron chi connectivity index (χ2n) is 8.15. The Hall–Kier alpha value is -3.06. The van der Waals surface area contributed by atoms with Gasteiger partial charge >= 0.3 is 0 Å². The Kier molecular flexibility index (Phi) is 8.78. The van der Waals surface area contributed by atoms with Crippen LogP contribution in [0.25, 0.3) is 10.8 Å². The van der Waals surface area contributed by atoms with Gasteiger partial charge in [0.1, 0.15) is 0 Å². The van der Waals surface area contributed by atoms with Crippen LogP contribution >= 0.6 is 0 Å². The molecule has 5 rings (SSSR count). The smallest absolute Gasteiger partial charge is 0.196 e. The van der Waals surface area contributed by atoms with Gasteiger partial charge in [-0.3, -0.25) is 9.59 Å². The number of aliphatic hydroxyl groups is 1. The second-order valence-corrected chi connectivity index (χ2v) is 8.15. The topological polar surface area (TPSA) is 84.9 Å². The standard InChI is InChI=1S/C25H23NO5.2C2H6/c1-13-6-8-15-14(10-13)7-9-17-22(15)24(28)16-4-3-5-18(23(16)25(17)29)26-19-11-21(30-2)31-12-20(19)27;2*1-2/h3-10,19-21,26-27H,11-12H2,1-2H3;2*1-2H3. The maximum Gasteiger partial charge on any atom is 0.196 e.